The molecule has 3 heterocycles. The molecule has 0 fully saturated rings. The number of nitrogens with one attached hydrogen (secondary N) is 1. The van der Waals surface area contributed by atoms with Crippen molar-refractivity contribution in [2.45, 2.75) is 32.2 Å². The molecule has 8 nitrogen and oxygen atoms in total. The SMILES string of the molecule is Cn1c(Nc2nc3ccc(OC(F)(F)F)cc3s2)nc2cc(C(=O)CCCCn3cccn3)ccc21. The summed E-state index contributed by atoms with van der Waals surface area (Å²) in [5.41, 5.74) is 2.62. The number of carbonyl (C=O) groups is 1. The maximum atomic E-state index is 12.7. The Labute approximate surface area is 207 Å². The number of ether oxygens (including phenoxy) is 1. The molecule has 0 aliphatic rings. The summed E-state index contributed by atoms with van der Waals surface area (Å²) in [4.78, 5) is 21.7. The van der Waals surface area contributed by atoms with Gasteiger partial charge in [0.15, 0.2) is 10.9 Å². The van der Waals surface area contributed by atoms with E-state index in [0.29, 0.717) is 38.8 Å². The van der Waals surface area contributed by atoms with Crippen molar-refractivity contribution in [1.82, 2.24) is 24.3 Å². The van der Waals surface area contributed by atoms with Crippen LogP contribution in [0.15, 0.2) is 54.9 Å². The van der Waals surface area contributed by atoms with Crippen molar-refractivity contribution in [3.05, 3.63) is 60.4 Å². The maximum absolute atomic E-state index is 12.7. The first-order chi connectivity index (χ1) is 17.2. The fourth-order valence-electron chi connectivity index (χ4n) is 3.87. The lowest BCUT2D eigenvalue weighted by molar-refractivity contribution is -0.274. The molecule has 3 aromatic heterocycles. The molecule has 0 unspecified atom stereocenters. The number of unbranched alkanes of at least 4 members (excludes halogenated alkanes) is 1. The number of benzene rings is 2. The highest BCUT2D eigenvalue weighted by atomic mass is 32.1. The van der Waals surface area contributed by atoms with Gasteiger partial charge in [0.2, 0.25) is 5.95 Å². The first-order valence-corrected chi connectivity index (χ1v) is 12.0. The Morgan fingerprint density at radius 1 is 1.11 bits per heavy atom. The molecule has 5 rings (SSSR count). The monoisotopic (exact) mass is 514 g/mol. The molecule has 0 spiro atoms. The number of fused-ring (bicyclic) bond motifs is 2. The van der Waals surface area contributed by atoms with Crippen LogP contribution in [-0.4, -0.2) is 36.5 Å². The topological polar surface area (TPSA) is 86.9 Å². The first kappa shape index (κ1) is 23.8. The average Bonchev–Trinajstić information content (AvgIpc) is 3.55. The summed E-state index contributed by atoms with van der Waals surface area (Å²) in [5, 5.41) is 7.76. The van der Waals surface area contributed by atoms with E-state index in [1.807, 2.05) is 34.6 Å². The van der Waals surface area contributed by atoms with Gasteiger partial charge in [-0.1, -0.05) is 11.3 Å². The second-order valence-corrected chi connectivity index (χ2v) is 9.20. The van der Waals surface area contributed by atoms with Gasteiger partial charge in [0.25, 0.3) is 0 Å². The van der Waals surface area contributed by atoms with E-state index in [9.17, 15) is 18.0 Å². The van der Waals surface area contributed by atoms with Crippen LogP contribution < -0.4 is 10.1 Å². The van der Waals surface area contributed by atoms with E-state index < -0.39 is 6.36 Å². The number of aryl methyl sites for hydroxylation is 2. The zero-order chi connectivity index (χ0) is 25.3. The van der Waals surface area contributed by atoms with Gasteiger partial charge in [-0.2, -0.15) is 5.10 Å². The molecule has 1 N–H and O–H groups in total. The van der Waals surface area contributed by atoms with Crippen LogP contribution in [-0.2, 0) is 13.6 Å². The van der Waals surface area contributed by atoms with Gasteiger partial charge in [0, 0.05) is 44.0 Å². The molecule has 0 aliphatic carbocycles. The number of Topliss-reactive ketones (excluding diaryl/α,β-unsaturated/α-hetero) is 1. The summed E-state index contributed by atoms with van der Waals surface area (Å²) in [6.45, 7) is 0.775. The van der Waals surface area contributed by atoms with Crippen molar-refractivity contribution in [3.8, 4) is 5.75 Å². The van der Waals surface area contributed by atoms with Crippen LogP contribution in [0.5, 0.6) is 5.75 Å². The third-order valence-corrected chi connectivity index (χ3v) is 6.55. The molecule has 5 aromatic rings. The zero-order valence-corrected chi connectivity index (χ0v) is 19.9. The van der Waals surface area contributed by atoms with Gasteiger partial charge in [-0.15, -0.1) is 13.2 Å². The van der Waals surface area contributed by atoms with Crippen LogP contribution in [0.2, 0.25) is 0 Å². The normalized spacial score (nSPS) is 11.9. The van der Waals surface area contributed by atoms with E-state index in [-0.39, 0.29) is 11.5 Å². The largest absolute Gasteiger partial charge is 0.573 e. The van der Waals surface area contributed by atoms with Crippen LogP contribution in [0.4, 0.5) is 24.3 Å². The fourth-order valence-corrected chi connectivity index (χ4v) is 4.76. The standard InChI is InChI=1S/C24H21F3N6O2S/c1-32-19-9-6-15(20(34)5-2-3-11-33-12-4-10-28-33)13-18(19)29-22(32)31-23-30-17-8-7-16(14-21(17)36-23)35-24(25,26)27/h4,6-10,12-14H,2-3,5,11H2,1H3,(H,29,30,31). The number of rotatable bonds is 9. The molecule has 0 radical (unpaired) electrons. The number of alkyl halides is 3. The molecule has 0 amide bonds. The van der Waals surface area contributed by atoms with E-state index in [0.717, 1.165) is 24.9 Å². The number of ketones is 1. The molecular formula is C24H21F3N6O2S. The summed E-state index contributed by atoms with van der Waals surface area (Å²) in [5.74, 6) is 0.256. The number of aromatic nitrogens is 5. The highest BCUT2D eigenvalue weighted by Crippen LogP contribution is 2.33. The molecule has 186 valence electrons. The van der Waals surface area contributed by atoms with Gasteiger partial charge in [-0.25, -0.2) is 9.97 Å². The Hall–Kier alpha value is -3.93. The van der Waals surface area contributed by atoms with Gasteiger partial charge in [-0.3, -0.25) is 9.48 Å². The van der Waals surface area contributed by atoms with Crippen molar-refractivity contribution < 1.29 is 22.7 Å². The molecule has 0 atom stereocenters. The van der Waals surface area contributed by atoms with Crippen molar-refractivity contribution in [3.63, 3.8) is 0 Å². The average molecular weight is 515 g/mol. The summed E-state index contributed by atoms with van der Waals surface area (Å²) in [7, 11) is 1.83. The molecule has 12 heteroatoms. The van der Waals surface area contributed by atoms with Crippen LogP contribution in [0.25, 0.3) is 21.3 Å². The number of carbonyl (C=O) groups excluding carboxylic acids is 1. The summed E-state index contributed by atoms with van der Waals surface area (Å²) < 4.78 is 45.7. The second-order valence-electron chi connectivity index (χ2n) is 8.17. The maximum Gasteiger partial charge on any atom is 0.573 e. The number of hydrogen-bond donors (Lipinski definition) is 1. The number of imidazole rings is 1. The molecule has 0 bridgehead atoms. The van der Waals surface area contributed by atoms with Crippen LogP contribution in [0.1, 0.15) is 29.6 Å². The third-order valence-electron chi connectivity index (χ3n) is 5.62. The Morgan fingerprint density at radius 2 is 1.97 bits per heavy atom. The molecule has 2 aromatic carbocycles. The summed E-state index contributed by atoms with van der Waals surface area (Å²) >= 11 is 1.19. The number of thiazole rings is 1. The highest BCUT2D eigenvalue weighted by Gasteiger charge is 2.31. The smallest absolute Gasteiger partial charge is 0.406 e. The van der Waals surface area contributed by atoms with E-state index in [1.165, 1.54) is 29.5 Å². The van der Waals surface area contributed by atoms with E-state index in [4.69, 9.17) is 0 Å². The first-order valence-electron chi connectivity index (χ1n) is 11.2. The minimum Gasteiger partial charge on any atom is -0.406 e. The number of nitrogens with zero attached hydrogens (tertiary/aromatic N) is 5. The van der Waals surface area contributed by atoms with E-state index in [2.05, 4.69) is 25.1 Å². The number of halogens is 3. The Morgan fingerprint density at radius 3 is 2.75 bits per heavy atom. The molecule has 0 aliphatic heterocycles. The van der Waals surface area contributed by atoms with Crippen LogP contribution >= 0.6 is 11.3 Å². The van der Waals surface area contributed by atoms with E-state index >= 15 is 0 Å². The fraction of sp³-hybridized carbons (Fsp3) is 0.250. The quantitative estimate of drug-likeness (QED) is 0.190. The molecule has 0 saturated heterocycles. The Balaban J connectivity index is 1.28. The lowest BCUT2D eigenvalue weighted by Crippen LogP contribution is -2.16. The van der Waals surface area contributed by atoms with Crippen molar-refractivity contribution >= 4 is 49.4 Å². The summed E-state index contributed by atoms with van der Waals surface area (Å²) in [6.07, 6.45) is 0.939. The van der Waals surface area contributed by atoms with Gasteiger partial charge in [0.1, 0.15) is 5.75 Å². The molecular weight excluding hydrogens is 493 g/mol. The minimum absolute atomic E-state index is 0.0561. The number of anilines is 2. The molecule has 0 saturated carbocycles. The van der Waals surface area contributed by atoms with Crippen molar-refractivity contribution in [2.75, 3.05) is 5.32 Å². The summed E-state index contributed by atoms with van der Waals surface area (Å²) in [6, 6.07) is 11.3. The number of hydrogen-bond acceptors (Lipinski definition) is 7. The predicted octanol–water partition coefficient (Wildman–Crippen LogP) is 6.07. The van der Waals surface area contributed by atoms with E-state index in [1.54, 1.807) is 18.3 Å². The second kappa shape index (κ2) is 9.61. The van der Waals surface area contributed by atoms with Crippen LogP contribution in [0.3, 0.4) is 0 Å². The van der Waals surface area contributed by atoms with Gasteiger partial charge in [-0.05, 0) is 49.2 Å². The third kappa shape index (κ3) is 5.33. The van der Waals surface area contributed by atoms with Gasteiger partial charge >= 0.3 is 6.36 Å². The Kier molecular flexibility index (Phi) is 6.35. The van der Waals surface area contributed by atoms with Gasteiger partial charge in [0.05, 0.1) is 21.3 Å². The lowest BCUT2D eigenvalue weighted by Gasteiger charge is -2.07. The van der Waals surface area contributed by atoms with Crippen LogP contribution in [0, 0.1) is 0 Å². The predicted molar refractivity (Wildman–Crippen MR) is 131 cm³/mol. The minimum atomic E-state index is -4.76. The zero-order valence-electron chi connectivity index (χ0n) is 19.1. The lowest BCUT2D eigenvalue weighted by atomic mass is 10.0. The Bertz CT molecular complexity index is 1520. The highest BCUT2D eigenvalue weighted by molar-refractivity contribution is 7.22. The van der Waals surface area contributed by atoms with Crippen molar-refractivity contribution in [2.24, 2.45) is 7.05 Å². The molecule has 36 heavy (non-hydrogen) atoms. The van der Waals surface area contributed by atoms with Gasteiger partial charge < -0.3 is 14.6 Å². The van der Waals surface area contributed by atoms with Crippen molar-refractivity contribution in [1.29, 1.82) is 0 Å².